The monoisotopic (exact) mass is 262 g/mol. The molecule has 0 aromatic heterocycles. The van der Waals surface area contributed by atoms with Gasteiger partial charge < -0.3 is 0 Å². The molecule has 94 valence electrons. The Labute approximate surface area is 104 Å². The normalized spacial score (nSPS) is 29.6. The smallest absolute Gasteiger partial charge is 0.166 e. The molecular formula is C13H14ClF3. The standard InChI is InChI=1S/C13H14ClF3/c1-8-11(6-7-12(8)14)9-2-4-10(5-3-9)13(15,16)17/h2-5,8,11-12H,6-7H2,1H3. The van der Waals surface area contributed by atoms with Gasteiger partial charge in [0.2, 0.25) is 0 Å². The number of rotatable bonds is 1. The van der Waals surface area contributed by atoms with Crippen LogP contribution in [0.5, 0.6) is 0 Å². The van der Waals surface area contributed by atoms with Gasteiger partial charge in [-0.25, -0.2) is 0 Å². The van der Waals surface area contributed by atoms with Gasteiger partial charge in [0, 0.05) is 5.38 Å². The molecule has 3 atom stereocenters. The second kappa shape index (κ2) is 4.52. The Bertz CT molecular complexity index is 383. The number of alkyl halides is 4. The molecule has 1 fully saturated rings. The molecule has 2 rings (SSSR count). The lowest BCUT2D eigenvalue weighted by Crippen LogP contribution is -2.10. The van der Waals surface area contributed by atoms with Crippen LogP contribution in [0.1, 0.15) is 36.8 Å². The first kappa shape index (κ1) is 12.7. The summed E-state index contributed by atoms with van der Waals surface area (Å²) in [7, 11) is 0. The van der Waals surface area contributed by atoms with E-state index in [2.05, 4.69) is 6.92 Å². The van der Waals surface area contributed by atoms with Crippen LogP contribution in [0, 0.1) is 5.92 Å². The predicted octanol–water partition coefficient (Wildman–Crippen LogP) is 4.83. The summed E-state index contributed by atoms with van der Waals surface area (Å²) in [6, 6.07) is 5.48. The Morgan fingerprint density at radius 1 is 1.12 bits per heavy atom. The Morgan fingerprint density at radius 3 is 2.12 bits per heavy atom. The third-order valence-corrected chi connectivity index (χ3v) is 4.24. The Morgan fingerprint density at radius 2 is 1.71 bits per heavy atom. The van der Waals surface area contributed by atoms with Crippen LogP contribution in [0.2, 0.25) is 0 Å². The maximum Gasteiger partial charge on any atom is 0.416 e. The molecule has 1 aliphatic carbocycles. The second-order valence-electron chi connectivity index (χ2n) is 4.68. The molecule has 0 heterocycles. The molecule has 1 aliphatic rings. The van der Waals surface area contributed by atoms with Gasteiger partial charge in [0.05, 0.1) is 5.56 Å². The highest BCUT2D eigenvalue weighted by atomic mass is 35.5. The van der Waals surface area contributed by atoms with E-state index in [1.807, 2.05) is 0 Å². The topological polar surface area (TPSA) is 0 Å². The van der Waals surface area contributed by atoms with Crippen LogP contribution in [0.3, 0.4) is 0 Å². The van der Waals surface area contributed by atoms with E-state index in [1.54, 1.807) is 12.1 Å². The summed E-state index contributed by atoms with van der Waals surface area (Å²) in [6.45, 7) is 2.06. The average molecular weight is 263 g/mol. The molecule has 0 nitrogen and oxygen atoms in total. The first-order valence-electron chi connectivity index (χ1n) is 5.71. The molecule has 0 saturated heterocycles. The van der Waals surface area contributed by atoms with Gasteiger partial charge >= 0.3 is 6.18 Å². The van der Waals surface area contributed by atoms with Gasteiger partial charge in [-0.3, -0.25) is 0 Å². The van der Waals surface area contributed by atoms with Gasteiger partial charge in [0.1, 0.15) is 0 Å². The predicted molar refractivity (Wildman–Crippen MR) is 62.2 cm³/mol. The number of hydrogen-bond acceptors (Lipinski definition) is 0. The van der Waals surface area contributed by atoms with E-state index in [4.69, 9.17) is 11.6 Å². The van der Waals surface area contributed by atoms with Gasteiger partial charge in [-0.05, 0) is 42.4 Å². The molecule has 3 unspecified atom stereocenters. The van der Waals surface area contributed by atoms with E-state index < -0.39 is 11.7 Å². The summed E-state index contributed by atoms with van der Waals surface area (Å²) >= 11 is 6.13. The van der Waals surface area contributed by atoms with Crippen LogP contribution in [0.15, 0.2) is 24.3 Å². The van der Waals surface area contributed by atoms with Crippen molar-refractivity contribution in [2.24, 2.45) is 5.92 Å². The van der Waals surface area contributed by atoms with Gasteiger partial charge in [-0.1, -0.05) is 19.1 Å². The fourth-order valence-corrected chi connectivity index (χ4v) is 2.81. The fraction of sp³-hybridized carbons (Fsp3) is 0.538. The van der Waals surface area contributed by atoms with Gasteiger partial charge in [-0.15, -0.1) is 11.6 Å². The maximum atomic E-state index is 12.4. The number of hydrogen-bond donors (Lipinski definition) is 0. The van der Waals surface area contributed by atoms with Gasteiger partial charge in [0.15, 0.2) is 0 Å². The van der Waals surface area contributed by atoms with Crippen LogP contribution in [0.4, 0.5) is 13.2 Å². The molecule has 17 heavy (non-hydrogen) atoms. The minimum absolute atomic E-state index is 0.141. The third kappa shape index (κ3) is 2.59. The van der Waals surface area contributed by atoms with Crippen LogP contribution >= 0.6 is 11.6 Å². The summed E-state index contributed by atoms with van der Waals surface area (Å²) in [5, 5.41) is 0.141. The average Bonchev–Trinajstić information content (AvgIpc) is 2.59. The highest BCUT2D eigenvalue weighted by Gasteiger charge is 2.34. The summed E-state index contributed by atoms with van der Waals surface area (Å²) in [6.07, 6.45) is -2.36. The molecule has 0 bridgehead atoms. The van der Waals surface area contributed by atoms with Crippen LogP contribution in [-0.2, 0) is 6.18 Å². The quantitative estimate of drug-likeness (QED) is 0.636. The molecule has 0 aliphatic heterocycles. The van der Waals surface area contributed by atoms with Crippen molar-refractivity contribution >= 4 is 11.6 Å². The Kier molecular flexibility index (Phi) is 3.39. The number of benzene rings is 1. The van der Waals surface area contributed by atoms with Crippen molar-refractivity contribution in [1.82, 2.24) is 0 Å². The van der Waals surface area contributed by atoms with Crippen LogP contribution in [-0.4, -0.2) is 5.38 Å². The molecular weight excluding hydrogens is 249 g/mol. The van der Waals surface area contributed by atoms with Crippen LogP contribution in [0.25, 0.3) is 0 Å². The summed E-state index contributed by atoms with van der Waals surface area (Å²) < 4.78 is 37.2. The van der Waals surface area contributed by atoms with Gasteiger partial charge in [-0.2, -0.15) is 13.2 Å². The lowest BCUT2D eigenvalue weighted by Gasteiger charge is -2.18. The molecule has 1 saturated carbocycles. The zero-order chi connectivity index (χ0) is 12.6. The first-order chi connectivity index (χ1) is 7.89. The minimum Gasteiger partial charge on any atom is -0.166 e. The molecule has 0 radical (unpaired) electrons. The zero-order valence-electron chi connectivity index (χ0n) is 9.47. The lowest BCUT2D eigenvalue weighted by molar-refractivity contribution is -0.137. The highest BCUT2D eigenvalue weighted by Crippen LogP contribution is 2.42. The minimum atomic E-state index is -4.26. The van der Waals surface area contributed by atoms with Crippen molar-refractivity contribution in [2.45, 2.75) is 37.2 Å². The molecule has 4 heteroatoms. The maximum absolute atomic E-state index is 12.4. The van der Waals surface area contributed by atoms with Gasteiger partial charge in [0.25, 0.3) is 0 Å². The molecule has 1 aromatic carbocycles. The summed E-state index contributed by atoms with van der Waals surface area (Å²) in [4.78, 5) is 0. The lowest BCUT2D eigenvalue weighted by atomic mass is 9.89. The molecule has 0 amide bonds. The van der Waals surface area contributed by atoms with E-state index in [0.717, 1.165) is 30.5 Å². The van der Waals surface area contributed by atoms with E-state index in [1.165, 1.54) is 0 Å². The van der Waals surface area contributed by atoms with Crippen molar-refractivity contribution in [3.05, 3.63) is 35.4 Å². The van der Waals surface area contributed by atoms with Crippen molar-refractivity contribution in [3.8, 4) is 0 Å². The molecule has 0 N–H and O–H groups in total. The molecule has 0 spiro atoms. The zero-order valence-corrected chi connectivity index (χ0v) is 10.2. The van der Waals surface area contributed by atoms with Crippen molar-refractivity contribution in [2.75, 3.05) is 0 Å². The van der Waals surface area contributed by atoms with Crippen molar-refractivity contribution in [1.29, 1.82) is 0 Å². The van der Waals surface area contributed by atoms with Crippen molar-refractivity contribution in [3.63, 3.8) is 0 Å². The van der Waals surface area contributed by atoms with Crippen molar-refractivity contribution < 1.29 is 13.2 Å². The highest BCUT2D eigenvalue weighted by molar-refractivity contribution is 6.21. The largest absolute Gasteiger partial charge is 0.416 e. The SMILES string of the molecule is CC1C(Cl)CCC1c1ccc(C(F)(F)F)cc1. The van der Waals surface area contributed by atoms with Crippen LogP contribution < -0.4 is 0 Å². The first-order valence-corrected chi connectivity index (χ1v) is 6.14. The van der Waals surface area contributed by atoms with E-state index >= 15 is 0 Å². The Balaban J connectivity index is 2.19. The van der Waals surface area contributed by atoms with E-state index in [-0.39, 0.29) is 5.38 Å². The second-order valence-corrected chi connectivity index (χ2v) is 5.24. The Hall–Kier alpha value is -0.700. The van der Waals surface area contributed by atoms with E-state index in [0.29, 0.717) is 11.8 Å². The van der Waals surface area contributed by atoms with E-state index in [9.17, 15) is 13.2 Å². The fourth-order valence-electron chi connectivity index (χ4n) is 2.51. The molecule has 1 aromatic rings. The third-order valence-electron chi connectivity index (χ3n) is 3.62. The summed E-state index contributed by atoms with van der Waals surface area (Å²) in [5.41, 5.74) is 0.378. The summed E-state index contributed by atoms with van der Waals surface area (Å²) in [5.74, 6) is 0.619. The number of halogens is 4.